The summed E-state index contributed by atoms with van der Waals surface area (Å²) in [5.41, 5.74) is 2.85. The van der Waals surface area contributed by atoms with Gasteiger partial charge in [-0.05, 0) is 32.0 Å². The first-order chi connectivity index (χ1) is 10.8. The lowest BCUT2D eigenvalue weighted by atomic mass is 10.00. The number of hydrogen-bond donors (Lipinski definition) is 0. The van der Waals surface area contributed by atoms with Crippen LogP contribution in [0.15, 0.2) is 18.2 Å². The van der Waals surface area contributed by atoms with E-state index >= 15 is 0 Å². The van der Waals surface area contributed by atoms with Gasteiger partial charge in [0.2, 0.25) is 0 Å². The Hall–Kier alpha value is -1.26. The van der Waals surface area contributed by atoms with Gasteiger partial charge in [0.15, 0.2) is 0 Å². The number of likely N-dealkylation sites (N-methyl/N-ethyl adjacent to an activating group) is 1. The topological polar surface area (TPSA) is 19.0 Å². The van der Waals surface area contributed by atoms with Crippen molar-refractivity contribution in [1.82, 2.24) is 9.80 Å². The Balaban J connectivity index is 1.39. The molecule has 3 aliphatic heterocycles. The van der Waals surface area contributed by atoms with Crippen molar-refractivity contribution in [1.29, 1.82) is 0 Å². The monoisotopic (exact) mass is 301 g/mol. The third-order valence-electron chi connectivity index (χ3n) is 5.58. The standard InChI is InChI=1S/C18H27N3O/c1-19-10-12-20(13-11-19)15-5-8-21(9-6-15)17-3-2-4-18-16(17)7-14-22-18/h2-4,15H,5-14H2,1H3. The normalized spacial score (nSPS) is 24.3. The molecule has 3 heterocycles. The fourth-order valence-electron chi connectivity index (χ4n) is 4.16. The zero-order valence-corrected chi connectivity index (χ0v) is 13.6. The summed E-state index contributed by atoms with van der Waals surface area (Å²) >= 11 is 0. The van der Waals surface area contributed by atoms with Crippen molar-refractivity contribution in [2.45, 2.75) is 25.3 Å². The summed E-state index contributed by atoms with van der Waals surface area (Å²) in [5.74, 6) is 1.11. The molecule has 4 nitrogen and oxygen atoms in total. The first-order valence-electron chi connectivity index (χ1n) is 8.73. The van der Waals surface area contributed by atoms with E-state index in [-0.39, 0.29) is 0 Å². The molecule has 0 spiro atoms. The predicted octanol–water partition coefficient (Wildman–Crippen LogP) is 1.84. The van der Waals surface area contributed by atoms with Gasteiger partial charge in [0.1, 0.15) is 5.75 Å². The zero-order chi connectivity index (χ0) is 14.9. The third-order valence-corrected chi connectivity index (χ3v) is 5.58. The molecular formula is C18H27N3O. The van der Waals surface area contributed by atoms with Crippen molar-refractivity contribution in [3.63, 3.8) is 0 Å². The van der Waals surface area contributed by atoms with Crippen molar-refractivity contribution in [3.8, 4) is 5.75 Å². The molecule has 4 heteroatoms. The van der Waals surface area contributed by atoms with Crippen LogP contribution in [-0.2, 0) is 6.42 Å². The average Bonchev–Trinajstić information content (AvgIpc) is 3.04. The van der Waals surface area contributed by atoms with Gasteiger partial charge >= 0.3 is 0 Å². The van der Waals surface area contributed by atoms with Crippen LogP contribution >= 0.6 is 0 Å². The Morgan fingerprint density at radius 2 is 1.77 bits per heavy atom. The second-order valence-corrected chi connectivity index (χ2v) is 6.91. The van der Waals surface area contributed by atoms with Crippen molar-refractivity contribution in [3.05, 3.63) is 23.8 Å². The summed E-state index contributed by atoms with van der Waals surface area (Å²) in [6.45, 7) is 8.17. The van der Waals surface area contributed by atoms with E-state index in [4.69, 9.17) is 4.74 Å². The summed E-state index contributed by atoms with van der Waals surface area (Å²) in [5, 5.41) is 0. The number of rotatable bonds is 2. The van der Waals surface area contributed by atoms with Crippen molar-refractivity contribution < 1.29 is 4.74 Å². The second-order valence-electron chi connectivity index (χ2n) is 6.91. The van der Waals surface area contributed by atoms with Gasteiger partial charge in [-0.25, -0.2) is 0 Å². The van der Waals surface area contributed by atoms with E-state index in [2.05, 4.69) is 39.9 Å². The largest absolute Gasteiger partial charge is 0.493 e. The minimum absolute atomic E-state index is 0.790. The molecule has 0 unspecified atom stereocenters. The van der Waals surface area contributed by atoms with Crippen molar-refractivity contribution >= 4 is 5.69 Å². The van der Waals surface area contributed by atoms with Crippen LogP contribution in [0.25, 0.3) is 0 Å². The summed E-state index contributed by atoms with van der Waals surface area (Å²) in [6.07, 6.45) is 3.67. The van der Waals surface area contributed by atoms with Gasteiger partial charge in [-0.2, -0.15) is 0 Å². The quantitative estimate of drug-likeness (QED) is 0.829. The molecule has 1 aromatic carbocycles. The van der Waals surface area contributed by atoms with Gasteiger partial charge in [0, 0.05) is 63.0 Å². The lowest BCUT2D eigenvalue weighted by molar-refractivity contribution is 0.0982. The van der Waals surface area contributed by atoms with Crippen LogP contribution < -0.4 is 9.64 Å². The maximum atomic E-state index is 5.72. The molecule has 22 heavy (non-hydrogen) atoms. The van der Waals surface area contributed by atoms with Crippen LogP contribution in [-0.4, -0.2) is 68.8 Å². The van der Waals surface area contributed by atoms with Crippen molar-refractivity contribution in [2.75, 3.05) is 57.8 Å². The molecule has 0 aromatic heterocycles. The van der Waals surface area contributed by atoms with Crippen LogP contribution in [0.5, 0.6) is 5.75 Å². The first kappa shape index (κ1) is 14.3. The Kier molecular flexibility index (Phi) is 3.97. The molecule has 0 radical (unpaired) electrons. The van der Waals surface area contributed by atoms with E-state index in [0.717, 1.165) is 24.8 Å². The van der Waals surface area contributed by atoms with Crippen LogP contribution in [0.1, 0.15) is 18.4 Å². The van der Waals surface area contributed by atoms with E-state index < -0.39 is 0 Å². The molecule has 120 valence electrons. The average molecular weight is 301 g/mol. The number of fused-ring (bicyclic) bond motifs is 1. The maximum Gasteiger partial charge on any atom is 0.124 e. The Morgan fingerprint density at radius 1 is 1.00 bits per heavy atom. The molecular weight excluding hydrogens is 274 g/mol. The summed E-state index contributed by atoms with van der Waals surface area (Å²) < 4.78 is 5.72. The van der Waals surface area contributed by atoms with Gasteiger partial charge in [-0.3, -0.25) is 4.90 Å². The highest BCUT2D eigenvalue weighted by Gasteiger charge is 2.28. The predicted molar refractivity (Wildman–Crippen MR) is 89.9 cm³/mol. The molecule has 0 N–H and O–H groups in total. The number of piperidine rings is 1. The molecule has 0 saturated carbocycles. The highest BCUT2D eigenvalue weighted by Crippen LogP contribution is 2.35. The van der Waals surface area contributed by atoms with Gasteiger partial charge in [0.05, 0.1) is 6.61 Å². The number of anilines is 1. The van der Waals surface area contributed by atoms with Gasteiger partial charge in [-0.15, -0.1) is 0 Å². The number of nitrogens with zero attached hydrogens (tertiary/aromatic N) is 3. The van der Waals surface area contributed by atoms with Crippen LogP contribution in [0.3, 0.4) is 0 Å². The van der Waals surface area contributed by atoms with E-state index in [1.807, 2.05) is 0 Å². The molecule has 0 amide bonds. The summed E-state index contributed by atoms with van der Waals surface area (Å²) in [6, 6.07) is 7.33. The smallest absolute Gasteiger partial charge is 0.124 e. The number of hydrogen-bond acceptors (Lipinski definition) is 4. The van der Waals surface area contributed by atoms with Gasteiger partial charge in [0.25, 0.3) is 0 Å². The number of piperazine rings is 1. The first-order valence-corrected chi connectivity index (χ1v) is 8.73. The second kappa shape index (κ2) is 6.09. The molecule has 2 fully saturated rings. The highest BCUT2D eigenvalue weighted by molar-refractivity contribution is 5.61. The maximum absolute atomic E-state index is 5.72. The molecule has 1 aromatic rings. The molecule has 0 bridgehead atoms. The number of benzene rings is 1. The zero-order valence-electron chi connectivity index (χ0n) is 13.6. The fourth-order valence-corrected chi connectivity index (χ4v) is 4.16. The van der Waals surface area contributed by atoms with Crippen molar-refractivity contribution in [2.24, 2.45) is 0 Å². The Morgan fingerprint density at radius 3 is 2.55 bits per heavy atom. The van der Waals surface area contributed by atoms with E-state index in [1.54, 1.807) is 0 Å². The van der Waals surface area contributed by atoms with E-state index in [0.29, 0.717) is 0 Å². The SMILES string of the molecule is CN1CCN(C2CCN(c3cccc4c3CCO4)CC2)CC1. The molecule has 4 rings (SSSR count). The van der Waals surface area contributed by atoms with Crippen LogP contribution in [0.2, 0.25) is 0 Å². The molecule has 0 aliphatic carbocycles. The minimum Gasteiger partial charge on any atom is -0.493 e. The molecule has 0 atom stereocenters. The summed E-state index contributed by atoms with van der Waals surface area (Å²) in [4.78, 5) is 7.74. The van der Waals surface area contributed by atoms with Crippen LogP contribution in [0, 0.1) is 0 Å². The van der Waals surface area contributed by atoms with Gasteiger partial charge in [-0.1, -0.05) is 6.07 Å². The van der Waals surface area contributed by atoms with E-state index in [9.17, 15) is 0 Å². The lowest BCUT2D eigenvalue weighted by Gasteiger charge is -2.42. The Labute approximate surface area is 133 Å². The van der Waals surface area contributed by atoms with Crippen LogP contribution in [0.4, 0.5) is 5.69 Å². The fraction of sp³-hybridized carbons (Fsp3) is 0.667. The van der Waals surface area contributed by atoms with Gasteiger partial charge < -0.3 is 14.5 Å². The highest BCUT2D eigenvalue weighted by atomic mass is 16.5. The minimum atomic E-state index is 0.790. The molecule has 3 aliphatic rings. The Bertz CT molecular complexity index is 517. The lowest BCUT2D eigenvalue weighted by Crippen LogP contribution is -2.52. The molecule has 2 saturated heterocycles. The summed E-state index contributed by atoms with van der Waals surface area (Å²) in [7, 11) is 2.23. The third kappa shape index (κ3) is 2.70. The number of ether oxygens (including phenoxy) is 1. The van der Waals surface area contributed by atoms with E-state index in [1.165, 1.54) is 63.4 Å².